The Morgan fingerprint density at radius 3 is 2.67 bits per heavy atom. The Morgan fingerprint density at radius 1 is 1.29 bits per heavy atom. The molecular formula is C17H19ClF2N2O2. The molecule has 130 valence electrons. The molecule has 0 bridgehead atoms. The molecule has 0 aromatic heterocycles. The van der Waals surface area contributed by atoms with Gasteiger partial charge in [0, 0.05) is 13.0 Å². The molecule has 2 aromatic rings. The molecule has 1 saturated heterocycles. The Morgan fingerprint density at radius 2 is 2.00 bits per heavy atom. The van der Waals surface area contributed by atoms with Gasteiger partial charge in [-0.05, 0) is 22.4 Å². The van der Waals surface area contributed by atoms with Crippen LogP contribution in [0.1, 0.15) is 18.1 Å². The average molecular weight is 357 g/mol. The number of nitrogens with one attached hydrogen (secondary N) is 2. The zero-order chi connectivity index (χ0) is 16.4. The van der Waals surface area contributed by atoms with Crippen molar-refractivity contribution in [3.05, 3.63) is 48.0 Å². The quantitative estimate of drug-likeness (QED) is 0.788. The first-order chi connectivity index (χ1) is 10.9. The van der Waals surface area contributed by atoms with Crippen LogP contribution in [0.3, 0.4) is 0 Å². The highest BCUT2D eigenvalue weighted by Crippen LogP contribution is 2.25. The van der Waals surface area contributed by atoms with E-state index in [2.05, 4.69) is 10.6 Å². The third-order valence-electron chi connectivity index (χ3n) is 4.05. The van der Waals surface area contributed by atoms with Crippen LogP contribution in [0.15, 0.2) is 42.5 Å². The van der Waals surface area contributed by atoms with Crippen LogP contribution >= 0.6 is 12.4 Å². The number of hydrogen-bond donors (Lipinski definition) is 3. The fourth-order valence-electron chi connectivity index (χ4n) is 2.75. The van der Waals surface area contributed by atoms with Gasteiger partial charge >= 0.3 is 0 Å². The monoisotopic (exact) mass is 356 g/mol. The molecule has 7 heteroatoms. The van der Waals surface area contributed by atoms with Crippen LogP contribution in [0, 0.1) is 0 Å². The van der Waals surface area contributed by atoms with Crippen molar-refractivity contribution in [1.82, 2.24) is 10.6 Å². The van der Waals surface area contributed by atoms with Gasteiger partial charge in [-0.3, -0.25) is 10.1 Å². The highest BCUT2D eigenvalue weighted by Gasteiger charge is 2.42. The number of aliphatic hydroxyl groups excluding tert-OH is 1. The van der Waals surface area contributed by atoms with E-state index in [9.17, 15) is 18.7 Å². The summed E-state index contributed by atoms with van der Waals surface area (Å²) in [6.07, 6.45) is -1.39. The number of aliphatic hydroxyl groups is 1. The molecule has 1 amide bonds. The standard InChI is InChI=1S/C17H18F2N2O2.ClH/c18-17(19)8-14(21-10-17)16(23)20-9-15(22)13-6-5-11-3-1-2-4-12(11)7-13;/h1-7,14-15,21-22H,8-10H2,(H,20,23);1H. The molecule has 1 aliphatic heterocycles. The van der Waals surface area contributed by atoms with Gasteiger partial charge in [0.1, 0.15) is 0 Å². The minimum absolute atomic E-state index is 0. The van der Waals surface area contributed by atoms with E-state index in [4.69, 9.17) is 0 Å². The van der Waals surface area contributed by atoms with E-state index in [0.29, 0.717) is 5.56 Å². The lowest BCUT2D eigenvalue weighted by molar-refractivity contribution is -0.123. The Balaban J connectivity index is 0.00000208. The van der Waals surface area contributed by atoms with Crippen molar-refractivity contribution in [3.8, 4) is 0 Å². The largest absolute Gasteiger partial charge is 0.387 e. The van der Waals surface area contributed by atoms with Crippen LogP contribution in [0.2, 0.25) is 0 Å². The van der Waals surface area contributed by atoms with Crippen molar-refractivity contribution in [2.75, 3.05) is 13.1 Å². The van der Waals surface area contributed by atoms with Gasteiger partial charge in [0.25, 0.3) is 5.92 Å². The van der Waals surface area contributed by atoms with E-state index in [1.165, 1.54) is 0 Å². The molecular weight excluding hydrogens is 338 g/mol. The van der Waals surface area contributed by atoms with Crippen LogP contribution in [0.25, 0.3) is 10.8 Å². The maximum atomic E-state index is 13.1. The van der Waals surface area contributed by atoms with Crippen molar-refractivity contribution < 1.29 is 18.7 Å². The third kappa shape index (κ3) is 4.20. The van der Waals surface area contributed by atoms with Crippen LogP contribution in [0.5, 0.6) is 0 Å². The summed E-state index contributed by atoms with van der Waals surface area (Å²) in [7, 11) is 0. The number of carbonyl (C=O) groups excluding carboxylic acids is 1. The summed E-state index contributed by atoms with van der Waals surface area (Å²) in [5.74, 6) is -3.36. The van der Waals surface area contributed by atoms with Gasteiger partial charge in [0.05, 0.1) is 18.7 Å². The molecule has 2 unspecified atom stereocenters. The minimum Gasteiger partial charge on any atom is -0.387 e. The lowest BCUT2D eigenvalue weighted by Gasteiger charge is -2.15. The third-order valence-corrected chi connectivity index (χ3v) is 4.05. The van der Waals surface area contributed by atoms with Gasteiger partial charge in [0.2, 0.25) is 5.91 Å². The summed E-state index contributed by atoms with van der Waals surface area (Å²) < 4.78 is 26.2. The van der Waals surface area contributed by atoms with Crippen molar-refractivity contribution in [2.24, 2.45) is 0 Å². The van der Waals surface area contributed by atoms with Crippen molar-refractivity contribution >= 4 is 29.1 Å². The molecule has 1 heterocycles. The molecule has 0 saturated carbocycles. The molecule has 0 spiro atoms. The van der Waals surface area contributed by atoms with E-state index < -0.39 is 36.9 Å². The average Bonchev–Trinajstić information content (AvgIpc) is 2.92. The highest BCUT2D eigenvalue weighted by atomic mass is 35.5. The predicted molar refractivity (Wildman–Crippen MR) is 90.5 cm³/mol. The van der Waals surface area contributed by atoms with Crippen molar-refractivity contribution in [1.29, 1.82) is 0 Å². The van der Waals surface area contributed by atoms with E-state index in [1.807, 2.05) is 36.4 Å². The van der Waals surface area contributed by atoms with Gasteiger partial charge in [-0.1, -0.05) is 36.4 Å². The fraction of sp³-hybridized carbons (Fsp3) is 0.353. The summed E-state index contributed by atoms with van der Waals surface area (Å²) in [6.45, 7) is -0.501. The number of halogens is 3. The lowest BCUT2D eigenvalue weighted by atomic mass is 10.0. The molecule has 4 nitrogen and oxygen atoms in total. The fourth-order valence-corrected chi connectivity index (χ4v) is 2.75. The summed E-state index contributed by atoms with van der Waals surface area (Å²) in [4.78, 5) is 11.9. The molecule has 2 aromatic carbocycles. The number of alkyl halides is 2. The Kier molecular flexibility index (Phi) is 5.74. The van der Waals surface area contributed by atoms with Crippen LogP contribution in [0.4, 0.5) is 8.78 Å². The molecule has 0 radical (unpaired) electrons. The van der Waals surface area contributed by atoms with Crippen LogP contribution in [-0.2, 0) is 4.79 Å². The normalized spacial score (nSPS) is 20.4. The second-order valence-corrected chi connectivity index (χ2v) is 5.86. The highest BCUT2D eigenvalue weighted by molar-refractivity contribution is 5.85. The Labute approximate surface area is 144 Å². The van der Waals surface area contributed by atoms with Gasteiger partial charge < -0.3 is 10.4 Å². The number of rotatable bonds is 4. The maximum absolute atomic E-state index is 13.1. The maximum Gasteiger partial charge on any atom is 0.262 e. The second kappa shape index (κ2) is 7.42. The first kappa shape index (κ1) is 18.6. The van der Waals surface area contributed by atoms with Gasteiger partial charge in [-0.25, -0.2) is 8.78 Å². The number of benzene rings is 2. The SMILES string of the molecule is Cl.O=C(NCC(O)c1ccc2ccccc2c1)C1CC(F)(F)CN1. The summed E-state index contributed by atoms with van der Waals surface area (Å²) >= 11 is 0. The van der Waals surface area contributed by atoms with Crippen LogP contribution in [-0.4, -0.2) is 36.1 Å². The first-order valence-corrected chi connectivity index (χ1v) is 7.50. The molecule has 0 aliphatic carbocycles. The van der Waals surface area contributed by atoms with E-state index in [-0.39, 0.29) is 19.0 Å². The zero-order valence-corrected chi connectivity index (χ0v) is 13.7. The van der Waals surface area contributed by atoms with Gasteiger partial charge in [-0.15, -0.1) is 12.4 Å². The van der Waals surface area contributed by atoms with Gasteiger partial charge in [0.15, 0.2) is 0 Å². The number of amides is 1. The van der Waals surface area contributed by atoms with E-state index in [0.717, 1.165) is 10.8 Å². The summed E-state index contributed by atoms with van der Waals surface area (Å²) in [5.41, 5.74) is 0.675. The number of carbonyl (C=O) groups is 1. The summed E-state index contributed by atoms with van der Waals surface area (Å²) in [6, 6.07) is 12.4. The molecule has 3 rings (SSSR count). The number of fused-ring (bicyclic) bond motifs is 1. The van der Waals surface area contributed by atoms with Crippen molar-refractivity contribution in [2.45, 2.75) is 24.5 Å². The molecule has 24 heavy (non-hydrogen) atoms. The number of hydrogen-bond acceptors (Lipinski definition) is 3. The Hall–Kier alpha value is -1.76. The van der Waals surface area contributed by atoms with E-state index in [1.54, 1.807) is 6.07 Å². The molecule has 3 N–H and O–H groups in total. The lowest BCUT2D eigenvalue weighted by Crippen LogP contribution is -2.41. The molecule has 1 fully saturated rings. The van der Waals surface area contributed by atoms with E-state index >= 15 is 0 Å². The first-order valence-electron chi connectivity index (χ1n) is 7.50. The molecule has 1 aliphatic rings. The van der Waals surface area contributed by atoms with Crippen LogP contribution < -0.4 is 10.6 Å². The smallest absolute Gasteiger partial charge is 0.262 e. The zero-order valence-electron chi connectivity index (χ0n) is 12.8. The van der Waals surface area contributed by atoms with Gasteiger partial charge in [-0.2, -0.15) is 0 Å². The van der Waals surface area contributed by atoms with Crippen molar-refractivity contribution in [3.63, 3.8) is 0 Å². The second-order valence-electron chi connectivity index (χ2n) is 5.86. The summed E-state index contributed by atoms with van der Waals surface area (Å²) in [5, 5.41) is 17.3. The predicted octanol–water partition coefficient (Wildman–Crippen LogP) is 2.41. The molecule has 2 atom stereocenters. The topological polar surface area (TPSA) is 61.4 Å². The minimum atomic E-state index is -2.85. The Bertz CT molecular complexity index is 727.